The molecule has 0 radical (unpaired) electrons. The van der Waals surface area contributed by atoms with Gasteiger partial charge in [-0.2, -0.15) is 0 Å². The number of nitrogens with one attached hydrogen (secondary N) is 1. The number of hydrogen-bond acceptors (Lipinski definition) is 7. The van der Waals surface area contributed by atoms with Crippen LogP contribution in [0.2, 0.25) is 0 Å². The van der Waals surface area contributed by atoms with Crippen molar-refractivity contribution in [1.29, 1.82) is 0 Å². The molecule has 1 N–H and O–H groups in total. The Morgan fingerprint density at radius 1 is 1.25 bits per heavy atom. The molecular formula is C18H19N3O5S2. The van der Waals surface area contributed by atoms with Crippen LogP contribution in [0.1, 0.15) is 0 Å². The Kier molecular flexibility index (Phi) is 5.80. The second-order valence-corrected chi connectivity index (χ2v) is 8.60. The Bertz CT molecular complexity index is 1110. The maximum Gasteiger partial charge on any atom is 0.262 e. The minimum absolute atomic E-state index is 0.0418. The van der Waals surface area contributed by atoms with E-state index in [1.165, 1.54) is 30.2 Å². The predicted octanol–water partition coefficient (Wildman–Crippen LogP) is 2.82. The van der Waals surface area contributed by atoms with Crippen molar-refractivity contribution in [3.63, 3.8) is 0 Å². The number of hydrogen-bond donors (Lipinski definition) is 1. The number of thioether (sulfide) groups is 1. The lowest BCUT2D eigenvalue weighted by atomic mass is 10.3. The molecule has 1 heterocycles. The van der Waals surface area contributed by atoms with Crippen LogP contribution in [0.4, 0.5) is 5.69 Å². The van der Waals surface area contributed by atoms with Gasteiger partial charge >= 0.3 is 0 Å². The molecule has 0 spiro atoms. The summed E-state index contributed by atoms with van der Waals surface area (Å²) < 4.78 is 38.7. The van der Waals surface area contributed by atoms with Gasteiger partial charge < -0.3 is 14.1 Å². The summed E-state index contributed by atoms with van der Waals surface area (Å²) >= 11 is 1.15. The number of carbonyl (C=O) groups is 1. The van der Waals surface area contributed by atoms with Crippen molar-refractivity contribution in [2.75, 3.05) is 31.7 Å². The predicted molar refractivity (Wildman–Crippen MR) is 107 cm³/mol. The number of fused-ring (bicyclic) bond motifs is 1. The van der Waals surface area contributed by atoms with E-state index < -0.39 is 10.0 Å². The molecule has 1 amide bonds. The average molecular weight is 422 g/mol. The Hall–Kier alpha value is -2.72. The summed E-state index contributed by atoms with van der Waals surface area (Å²) in [6.07, 6.45) is 0. The number of para-hydroxylation sites is 2. The molecule has 0 saturated heterocycles. The van der Waals surface area contributed by atoms with Gasteiger partial charge in [-0.1, -0.05) is 23.9 Å². The number of anilines is 1. The zero-order valence-corrected chi connectivity index (χ0v) is 17.1. The molecule has 148 valence electrons. The highest BCUT2D eigenvalue weighted by atomic mass is 32.2. The number of nitrogens with zero attached hydrogens (tertiary/aromatic N) is 2. The lowest BCUT2D eigenvalue weighted by Gasteiger charge is -2.11. The number of rotatable bonds is 7. The standard InChI is InChI=1S/C18H19N3O5S2/c1-21(2)17(22)11-27-18-19-14-10-12(8-9-16(14)26-18)28(23,24)20-13-6-4-5-7-15(13)25-3/h4-10,20H,11H2,1-3H3. The molecule has 0 aliphatic carbocycles. The van der Waals surface area contributed by atoms with Crippen LogP contribution in [-0.4, -0.2) is 51.2 Å². The summed E-state index contributed by atoms with van der Waals surface area (Å²) in [6, 6.07) is 11.1. The van der Waals surface area contributed by atoms with Gasteiger partial charge in [-0.3, -0.25) is 9.52 Å². The summed E-state index contributed by atoms with van der Waals surface area (Å²) in [7, 11) is 0.958. The highest BCUT2D eigenvalue weighted by Crippen LogP contribution is 2.29. The average Bonchev–Trinajstić information content (AvgIpc) is 3.08. The largest absolute Gasteiger partial charge is 0.495 e. The van der Waals surface area contributed by atoms with Crippen LogP contribution in [0.3, 0.4) is 0 Å². The highest BCUT2D eigenvalue weighted by Gasteiger charge is 2.19. The van der Waals surface area contributed by atoms with E-state index in [2.05, 4.69) is 9.71 Å². The molecule has 0 aliphatic heterocycles. The molecular weight excluding hydrogens is 402 g/mol. The molecule has 0 atom stereocenters. The van der Waals surface area contributed by atoms with E-state index in [0.717, 1.165) is 11.8 Å². The van der Waals surface area contributed by atoms with E-state index in [-0.39, 0.29) is 16.6 Å². The molecule has 0 fully saturated rings. The number of aromatic nitrogens is 1. The Labute approximate surface area is 166 Å². The minimum atomic E-state index is -3.84. The van der Waals surface area contributed by atoms with Crippen molar-refractivity contribution in [1.82, 2.24) is 9.88 Å². The van der Waals surface area contributed by atoms with Gasteiger partial charge in [-0.15, -0.1) is 0 Å². The molecule has 3 rings (SSSR count). The molecule has 1 aromatic heterocycles. The molecule has 2 aromatic carbocycles. The first-order valence-corrected chi connectivity index (χ1v) is 10.7. The number of benzene rings is 2. The molecule has 0 unspecified atom stereocenters. The molecule has 0 saturated carbocycles. The molecule has 3 aromatic rings. The summed E-state index contributed by atoms with van der Waals surface area (Å²) in [5.74, 6) is 0.523. The van der Waals surface area contributed by atoms with Crippen molar-refractivity contribution < 1.29 is 22.4 Å². The van der Waals surface area contributed by atoms with Crippen LogP contribution < -0.4 is 9.46 Å². The van der Waals surface area contributed by atoms with Crippen molar-refractivity contribution in [3.8, 4) is 5.75 Å². The number of oxazole rings is 1. The smallest absolute Gasteiger partial charge is 0.262 e. The summed E-state index contributed by atoms with van der Waals surface area (Å²) in [5, 5.41) is 0.303. The number of ether oxygens (including phenoxy) is 1. The van der Waals surface area contributed by atoms with Crippen LogP contribution in [0.25, 0.3) is 11.1 Å². The number of methoxy groups -OCH3 is 1. The fraction of sp³-hybridized carbons (Fsp3) is 0.222. The van der Waals surface area contributed by atoms with Crippen LogP contribution in [-0.2, 0) is 14.8 Å². The number of sulfonamides is 1. The van der Waals surface area contributed by atoms with Crippen molar-refractivity contribution in [2.45, 2.75) is 10.1 Å². The fourth-order valence-corrected chi connectivity index (χ4v) is 4.21. The monoisotopic (exact) mass is 421 g/mol. The van der Waals surface area contributed by atoms with Gasteiger partial charge in [-0.25, -0.2) is 13.4 Å². The quantitative estimate of drug-likeness (QED) is 0.585. The van der Waals surface area contributed by atoms with E-state index in [4.69, 9.17) is 9.15 Å². The van der Waals surface area contributed by atoms with Gasteiger partial charge in [0, 0.05) is 14.1 Å². The van der Waals surface area contributed by atoms with Crippen LogP contribution in [0.5, 0.6) is 5.75 Å². The molecule has 8 nitrogen and oxygen atoms in total. The van der Waals surface area contributed by atoms with Crippen LogP contribution in [0, 0.1) is 0 Å². The molecule has 10 heteroatoms. The first kappa shape index (κ1) is 20.0. The lowest BCUT2D eigenvalue weighted by Crippen LogP contribution is -2.23. The summed E-state index contributed by atoms with van der Waals surface area (Å²) in [6.45, 7) is 0. The van der Waals surface area contributed by atoms with E-state index in [0.29, 0.717) is 27.8 Å². The lowest BCUT2D eigenvalue weighted by molar-refractivity contribution is -0.125. The fourth-order valence-electron chi connectivity index (χ4n) is 2.30. The number of carbonyl (C=O) groups excluding carboxylic acids is 1. The first-order valence-electron chi connectivity index (χ1n) is 8.19. The third-order valence-electron chi connectivity index (χ3n) is 3.82. The van der Waals surface area contributed by atoms with Crippen molar-refractivity contribution >= 4 is 44.5 Å². The zero-order chi connectivity index (χ0) is 20.3. The van der Waals surface area contributed by atoms with Gasteiger partial charge in [0.1, 0.15) is 11.3 Å². The zero-order valence-electron chi connectivity index (χ0n) is 15.5. The van der Waals surface area contributed by atoms with Gasteiger partial charge in [0.05, 0.1) is 23.4 Å². The SMILES string of the molecule is COc1ccccc1NS(=O)(=O)c1ccc2oc(SCC(=O)N(C)C)nc2c1. The highest BCUT2D eigenvalue weighted by molar-refractivity contribution is 7.99. The third-order valence-corrected chi connectivity index (χ3v) is 5.99. The maximum atomic E-state index is 12.7. The van der Waals surface area contributed by atoms with Crippen LogP contribution in [0.15, 0.2) is 57.0 Å². The minimum Gasteiger partial charge on any atom is -0.495 e. The van der Waals surface area contributed by atoms with E-state index in [9.17, 15) is 13.2 Å². The van der Waals surface area contributed by atoms with Crippen molar-refractivity contribution in [3.05, 3.63) is 42.5 Å². The Morgan fingerprint density at radius 3 is 2.71 bits per heavy atom. The van der Waals surface area contributed by atoms with E-state index in [1.807, 2.05) is 0 Å². The van der Waals surface area contributed by atoms with Crippen LogP contribution >= 0.6 is 11.8 Å². The first-order chi connectivity index (χ1) is 13.3. The van der Waals surface area contributed by atoms with Gasteiger partial charge in [-0.05, 0) is 30.3 Å². The number of amides is 1. The summed E-state index contributed by atoms with van der Waals surface area (Å²) in [4.78, 5) is 17.5. The normalized spacial score (nSPS) is 11.4. The molecule has 0 bridgehead atoms. The van der Waals surface area contributed by atoms with E-state index in [1.54, 1.807) is 38.4 Å². The molecule has 0 aliphatic rings. The topological polar surface area (TPSA) is 102 Å². The van der Waals surface area contributed by atoms with Gasteiger partial charge in [0.25, 0.3) is 15.2 Å². The second-order valence-electron chi connectivity index (χ2n) is 5.99. The van der Waals surface area contributed by atoms with E-state index >= 15 is 0 Å². The maximum absolute atomic E-state index is 12.7. The van der Waals surface area contributed by atoms with Gasteiger partial charge in [0.15, 0.2) is 5.58 Å². The molecule has 28 heavy (non-hydrogen) atoms. The second kappa shape index (κ2) is 8.11. The Balaban J connectivity index is 1.84. The van der Waals surface area contributed by atoms with Gasteiger partial charge in [0.2, 0.25) is 5.91 Å². The Morgan fingerprint density at radius 2 is 2.00 bits per heavy atom. The van der Waals surface area contributed by atoms with Crippen molar-refractivity contribution in [2.24, 2.45) is 0 Å². The summed E-state index contributed by atoms with van der Waals surface area (Å²) in [5.41, 5.74) is 1.17. The third kappa shape index (κ3) is 4.39.